The summed E-state index contributed by atoms with van der Waals surface area (Å²) in [6, 6.07) is 6.99. The molecule has 1 N–H and O–H groups in total. The topological polar surface area (TPSA) is 52.7 Å². The third kappa shape index (κ3) is 4.54. The highest BCUT2D eigenvalue weighted by molar-refractivity contribution is 5.85. The molecule has 1 aliphatic carbocycles. The fraction of sp³-hybridized carbons (Fsp3) is 0.556. The highest BCUT2D eigenvalue weighted by Gasteiger charge is 2.31. The predicted octanol–water partition coefficient (Wildman–Crippen LogP) is 1.53. The second kappa shape index (κ2) is 7.75. The number of hydrogen-bond donors (Lipinski definition) is 1. The number of hydrogen-bond acceptors (Lipinski definition) is 3. The molecule has 24 heavy (non-hydrogen) atoms. The summed E-state index contributed by atoms with van der Waals surface area (Å²) in [4.78, 5) is 27.9. The summed E-state index contributed by atoms with van der Waals surface area (Å²) in [5.74, 6) is -0.438. The lowest BCUT2D eigenvalue weighted by Gasteiger charge is -2.22. The molecule has 1 aromatic rings. The molecule has 130 valence electrons. The normalized spacial score (nSPS) is 17.3. The Morgan fingerprint density at radius 1 is 1.21 bits per heavy atom. The molecule has 0 unspecified atom stereocenters. The van der Waals surface area contributed by atoms with E-state index in [0.717, 1.165) is 38.8 Å². The second-order valence-electron chi connectivity index (χ2n) is 6.59. The van der Waals surface area contributed by atoms with Crippen LogP contribution in [-0.4, -0.2) is 53.8 Å². The van der Waals surface area contributed by atoms with Gasteiger partial charge in [0.2, 0.25) is 11.8 Å². The van der Waals surface area contributed by atoms with E-state index in [-0.39, 0.29) is 30.7 Å². The molecular weight excluding hydrogens is 309 g/mol. The van der Waals surface area contributed by atoms with E-state index < -0.39 is 0 Å². The molecule has 2 amide bonds. The lowest BCUT2D eigenvalue weighted by Crippen LogP contribution is -2.43. The summed E-state index contributed by atoms with van der Waals surface area (Å²) < 4.78 is 13.8. The largest absolute Gasteiger partial charge is 0.346 e. The van der Waals surface area contributed by atoms with Crippen LogP contribution in [0.5, 0.6) is 0 Å². The van der Waals surface area contributed by atoms with Gasteiger partial charge in [0.1, 0.15) is 5.82 Å². The van der Waals surface area contributed by atoms with Crippen molar-refractivity contribution in [3.63, 3.8) is 0 Å². The van der Waals surface area contributed by atoms with E-state index in [1.165, 1.54) is 6.07 Å². The molecule has 6 heteroatoms. The van der Waals surface area contributed by atoms with Crippen molar-refractivity contribution in [3.05, 3.63) is 35.6 Å². The summed E-state index contributed by atoms with van der Waals surface area (Å²) in [6.07, 6.45) is 4.15. The average Bonchev–Trinajstić information content (AvgIpc) is 3.28. The van der Waals surface area contributed by atoms with E-state index in [9.17, 15) is 14.0 Å². The van der Waals surface area contributed by atoms with Crippen LogP contribution in [0, 0.1) is 5.82 Å². The molecule has 0 spiro atoms. The quantitative estimate of drug-likeness (QED) is 0.823. The zero-order chi connectivity index (χ0) is 16.9. The SMILES string of the molecule is O=C(CN(Cc1ccccc1F)C1CC1)NCC(=O)N1CCCC1. The molecule has 0 bridgehead atoms. The average molecular weight is 333 g/mol. The van der Waals surface area contributed by atoms with E-state index in [4.69, 9.17) is 0 Å². The summed E-state index contributed by atoms with van der Waals surface area (Å²) in [6.45, 7) is 2.25. The summed E-state index contributed by atoms with van der Waals surface area (Å²) in [5.41, 5.74) is 0.602. The minimum absolute atomic E-state index is 0.0204. The molecule has 0 aromatic heterocycles. The lowest BCUT2D eigenvalue weighted by molar-refractivity contribution is -0.132. The van der Waals surface area contributed by atoms with Crippen molar-refractivity contribution in [1.29, 1.82) is 0 Å². The van der Waals surface area contributed by atoms with E-state index in [0.29, 0.717) is 18.2 Å². The Morgan fingerprint density at radius 3 is 2.58 bits per heavy atom. The molecule has 2 fully saturated rings. The van der Waals surface area contributed by atoms with Gasteiger partial charge >= 0.3 is 0 Å². The molecule has 1 saturated heterocycles. The van der Waals surface area contributed by atoms with E-state index in [1.807, 2.05) is 4.90 Å². The number of carbonyl (C=O) groups excluding carboxylic acids is 2. The van der Waals surface area contributed by atoms with Crippen molar-refractivity contribution >= 4 is 11.8 Å². The number of benzene rings is 1. The maximum absolute atomic E-state index is 13.8. The predicted molar refractivity (Wildman–Crippen MR) is 88.7 cm³/mol. The molecule has 0 atom stereocenters. The zero-order valence-corrected chi connectivity index (χ0v) is 13.8. The number of rotatable bonds is 7. The minimum atomic E-state index is -0.243. The third-order valence-corrected chi connectivity index (χ3v) is 4.64. The Kier molecular flexibility index (Phi) is 5.45. The van der Waals surface area contributed by atoms with Gasteiger partial charge in [0, 0.05) is 31.2 Å². The van der Waals surface area contributed by atoms with Gasteiger partial charge in [-0.05, 0) is 31.7 Å². The molecule has 0 radical (unpaired) electrons. The van der Waals surface area contributed by atoms with Gasteiger partial charge in [0.05, 0.1) is 13.1 Å². The molecular formula is C18H24FN3O2. The van der Waals surface area contributed by atoms with Crippen LogP contribution in [0.4, 0.5) is 4.39 Å². The first-order chi connectivity index (χ1) is 11.6. The van der Waals surface area contributed by atoms with Crippen molar-refractivity contribution in [3.8, 4) is 0 Å². The summed E-state index contributed by atoms with van der Waals surface area (Å²) in [7, 11) is 0. The van der Waals surface area contributed by atoms with Crippen LogP contribution in [0.3, 0.4) is 0 Å². The third-order valence-electron chi connectivity index (χ3n) is 4.64. The molecule has 1 saturated carbocycles. The van der Waals surface area contributed by atoms with Gasteiger partial charge in [-0.15, -0.1) is 0 Å². The van der Waals surface area contributed by atoms with Gasteiger partial charge in [-0.3, -0.25) is 14.5 Å². The molecule has 2 aliphatic rings. The first kappa shape index (κ1) is 16.9. The van der Waals surface area contributed by atoms with Crippen molar-refractivity contribution in [1.82, 2.24) is 15.1 Å². The summed E-state index contributed by atoms with van der Waals surface area (Å²) >= 11 is 0. The molecule has 1 aliphatic heterocycles. The van der Waals surface area contributed by atoms with E-state index in [1.54, 1.807) is 23.1 Å². The van der Waals surface area contributed by atoms with Crippen molar-refractivity contribution < 1.29 is 14.0 Å². The first-order valence-electron chi connectivity index (χ1n) is 8.65. The van der Waals surface area contributed by atoms with Gasteiger partial charge in [0.15, 0.2) is 0 Å². The van der Waals surface area contributed by atoms with Gasteiger partial charge in [0.25, 0.3) is 0 Å². The Balaban J connectivity index is 1.49. The van der Waals surface area contributed by atoms with Gasteiger partial charge < -0.3 is 10.2 Å². The maximum Gasteiger partial charge on any atom is 0.241 e. The molecule has 1 heterocycles. The molecule has 3 rings (SSSR count). The number of carbonyl (C=O) groups is 2. The monoisotopic (exact) mass is 333 g/mol. The second-order valence-corrected chi connectivity index (χ2v) is 6.59. The van der Waals surface area contributed by atoms with Gasteiger partial charge in [-0.1, -0.05) is 18.2 Å². The Hall–Kier alpha value is -1.95. The van der Waals surface area contributed by atoms with Crippen LogP contribution in [0.2, 0.25) is 0 Å². The number of nitrogens with one attached hydrogen (secondary N) is 1. The summed E-state index contributed by atoms with van der Waals surface area (Å²) in [5, 5.41) is 2.71. The smallest absolute Gasteiger partial charge is 0.241 e. The Labute approximate surface area is 141 Å². The number of amides is 2. The zero-order valence-electron chi connectivity index (χ0n) is 13.8. The molecule has 5 nitrogen and oxygen atoms in total. The van der Waals surface area contributed by atoms with Crippen LogP contribution in [0.1, 0.15) is 31.2 Å². The van der Waals surface area contributed by atoms with E-state index in [2.05, 4.69) is 5.32 Å². The van der Waals surface area contributed by atoms with Crippen molar-refractivity contribution in [2.45, 2.75) is 38.3 Å². The van der Waals surface area contributed by atoms with Crippen molar-refractivity contribution in [2.75, 3.05) is 26.2 Å². The highest BCUT2D eigenvalue weighted by atomic mass is 19.1. The lowest BCUT2D eigenvalue weighted by atomic mass is 10.2. The standard InChI is InChI=1S/C18H24FN3O2/c19-16-6-2-1-5-14(16)12-22(15-7-8-15)13-17(23)20-11-18(24)21-9-3-4-10-21/h1-2,5-6,15H,3-4,7-13H2,(H,20,23). The Bertz CT molecular complexity index is 598. The van der Waals surface area contributed by atoms with Crippen LogP contribution >= 0.6 is 0 Å². The van der Waals surface area contributed by atoms with Crippen molar-refractivity contribution in [2.24, 2.45) is 0 Å². The molecule has 1 aromatic carbocycles. The van der Waals surface area contributed by atoms with Gasteiger partial charge in [-0.2, -0.15) is 0 Å². The van der Waals surface area contributed by atoms with Crippen LogP contribution in [-0.2, 0) is 16.1 Å². The highest BCUT2D eigenvalue weighted by Crippen LogP contribution is 2.28. The minimum Gasteiger partial charge on any atom is -0.346 e. The van der Waals surface area contributed by atoms with Gasteiger partial charge in [-0.25, -0.2) is 4.39 Å². The first-order valence-corrected chi connectivity index (χ1v) is 8.65. The van der Waals surface area contributed by atoms with E-state index >= 15 is 0 Å². The fourth-order valence-corrected chi connectivity index (χ4v) is 3.09. The Morgan fingerprint density at radius 2 is 1.92 bits per heavy atom. The fourth-order valence-electron chi connectivity index (χ4n) is 3.09. The maximum atomic E-state index is 13.8. The number of likely N-dealkylation sites (tertiary alicyclic amines) is 1. The van der Waals surface area contributed by atoms with Crippen LogP contribution in [0.25, 0.3) is 0 Å². The number of nitrogens with zero attached hydrogens (tertiary/aromatic N) is 2. The van der Waals surface area contributed by atoms with Crippen LogP contribution in [0.15, 0.2) is 24.3 Å². The van der Waals surface area contributed by atoms with Crippen LogP contribution < -0.4 is 5.32 Å². The number of halogens is 1.